The summed E-state index contributed by atoms with van der Waals surface area (Å²) in [5.74, 6) is -4.26. The number of aromatic hydroxyl groups is 1. The Labute approximate surface area is 181 Å². The summed E-state index contributed by atoms with van der Waals surface area (Å²) in [4.78, 5) is 39.6. The molecule has 0 unspecified atom stereocenters. The zero-order valence-electron chi connectivity index (χ0n) is 17.4. The molecular weight excluding hydrogens is 427 g/mol. The number of carbonyl (C=O) groups excluding carboxylic acids is 2. The molecule has 2 N–H and O–H groups in total. The number of halogens is 3. The van der Waals surface area contributed by atoms with Crippen molar-refractivity contribution in [3.8, 4) is 5.75 Å². The quantitative estimate of drug-likeness (QED) is 0.750. The molecule has 2 bridgehead atoms. The first-order valence-corrected chi connectivity index (χ1v) is 10.3. The normalized spacial score (nSPS) is 20.0. The lowest BCUT2D eigenvalue weighted by Gasteiger charge is -2.42. The first kappa shape index (κ1) is 21.9. The van der Waals surface area contributed by atoms with Gasteiger partial charge in [0, 0.05) is 31.4 Å². The number of carbonyl (C=O) groups is 2. The van der Waals surface area contributed by atoms with Crippen molar-refractivity contribution in [3.05, 3.63) is 62.6 Å². The second-order valence-corrected chi connectivity index (χ2v) is 8.37. The van der Waals surface area contributed by atoms with E-state index in [1.54, 1.807) is 0 Å². The zero-order valence-corrected chi connectivity index (χ0v) is 17.4. The lowest BCUT2D eigenvalue weighted by molar-refractivity contribution is 0.0516. The number of alkyl halides is 1. The van der Waals surface area contributed by atoms with Crippen LogP contribution in [0.3, 0.4) is 0 Å². The SMILES string of the molecule is Cc1cc(F)c(CNC(=O)c2cn3c(c(O)c2=O)C(=O)N2CCCC[C@@]3(CF)C2)c(F)c1. The average molecular weight is 449 g/mol. The van der Waals surface area contributed by atoms with E-state index in [0.717, 1.165) is 18.3 Å². The summed E-state index contributed by atoms with van der Waals surface area (Å²) < 4.78 is 43.6. The minimum Gasteiger partial charge on any atom is -0.503 e. The molecule has 0 radical (unpaired) electrons. The van der Waals surface area contributed by atoms with Gasteiger partial charge in [0.1, 0.15) is 23.9 Å². The third-order valence-electron chi connectivity index (χ3n) is 6.19. The van der Waals surface area contributed by atoms with Crippen LogP contribution < -0.4 is 10.7 Å². The van der Waals surface area contributed by atoms with E-state index in [1.807, 2.05) is 0 Å². The van der Waals surface area contributed by atoms with Crippen molar-refractivity contribution in [2.75, 3.05) is 19.8 Å². The summed E-state index contributed by atoms with van der Waals surface area (Å²) in [6.45, 7) is 0.539. The Hall–Kier alpha value is -3.30. The highest BCUT2D eigenvalue weighted by molar-refractivity contribution is 5.99. The molecule has 0 saturated carbocycles. The van der Waals surface area contributed by atoms with Crippen molar-refractivity contribution in [3.63, 3.8) is 0 Å². The molecule has 2 aliphatic rings. The number of nitrogens with zero attached hydrogens (tertiary/aromatic N) is 2. The summed E-state index contributed by atoms with van der Waals surface area (Å²) in [6, 6.07) is 2.22. The van der Waals surface area contributed by atoms with E-state index < -0.39 is 58.9 Å². The molecule has 1 saturated heterocycles. The van der Waals surface area contributed by atoms with E-state index >= 15 is 0 Å². The second-order valence-electron chi connectivity index (χ2n) is 8.37. The molecular formula is C22H22F3N3O4. The smallest absolute Gasteiger partial charge is 0.274 e. The third-order valence-corrected chi connectivity index (χ3v) is 6.19. The van der Waals surface area contributed by atoms with Gasteiger partial charge in [-0.25, -0.2) is 13.2 Å². The summed E-state index contributed by atoms with van der Waals surface area (Å²) in [5.41, 5.74) is -3.24. The third kappa shape index (κ3) is 3.43. The van der Waals surface area contributed by atoms with E-state index in [4.69, 9.17) is 0 Å². The van der Waals surface area contributed by atoms with Gasteiger partial charge in [-0.3, -0.25) is 14.4 Å². The van der Waals surface area contributed by atoms with Gasteiger partial charge in [-0.2, -0.15) is 0 Å². The molecule has 0 aliphatic carbocycles. The van der Waals surface area contributed by atoms with Crippen molar-refractivity contribution in [2.45, 2.75) is 38.3 Å². The van der Waals surface area contributed by atoms with Crippen LogP contribution in [0.2, 0.25) is 0 Å². The zero-order chi connectivity index (χ0) is 23.2. The Bertz CT molecular complexity index is 1160. The highest BCUT2D eigenvalue weighted by atomic mass is 19.1. The number of hydrogen-bond acceptors (Lipinski definition) is 4. The number of aryl methyl sites for hydroxylation is 1. The maximum atomic E-state index is 14.3. The maximum absolute atomic E-state index is 14.3. The number of aromatic nitrogens is 1. The number of rotatable bonds is 4. The molecule has 3 heterocycles. The average Bonchev–Trinajstić information content (AvgIpc) is 2.94. The molecule has 1 fully saturated rings. The molecule has 1 atom stereocenters. The van der Waals surface area contributed by atoms with Crippen LogP contribution in [0.5, 0.6) is 5.75 Å². The second kappa shape index (κ2) is 7.99. The van der Waals surface area contributed by atoms with E-state index in [1.165, 1.54) is 16.4 Å². The molecule has 170 valence electrons. The van der Waals surface area contributed by atoms with Crippen molar-refractivity contribution in [1.82, 2.24) is 14.8 Å². The lowest BCUT2D eigenvalue weighted by atomic mass is 9.91. The Balaban J connectivity index is 1.73. The van der Waals surface area contributed by atoms with Gasteiger partial charge in [-0.05, 0) is 43.9 Å². The van der Waals surface area contributed by atoms with Crippen molar-refractivity contribution in [2.24, 2.45) is 0 Å². The summed E-state index contributed by atoms with van der Waals surface area (Å²) >= 11 is 0. The fourth-order valence-electron chi connectivity index (χ4n) is 4.47. The summed E-state index contributed by atoms with van der Waals surface area (Å²) in [7, 11) is 0. The largest absolute Gasteiger partial charge is 0.503 e. The van der Waals surface area contributed by atoms with Crippen molar-refractivity contribution in [1.29, 1.82) is 0 Å². The van der Waals surface area contributed by atoms with Crippen LogP contribution in [0.25, 0.3) is 0 Å². The summed E-state index contributed by atoms with van der Waals surface area (Å²) in [6.07, 6.45) is 2.68. The molecule has 2 aromatic rings. The van der Waals surface area contributed by atoms with Gasteiger partial charge in [-0.1, -0.05) is 0 Å². The molecule has 1 aromatic heterocycles. The van der Waals surface area contributed by atoms with Gasteiger partial charge in [-0.15, -0.1) is 0 Å². The Morgan fingerprint density at radius 2 is 1.91 bits per heavy atom. The van der Waals surface area contributed by atoms with E-state index in [0.29, 0.717) is 31.4 Å². The fraction of sp³-hybridized carbons (Fsp3) is 0.409. The molecule has 2 amide bonds. The van der Waals surface area contributed by atoms with E-state index in [2.05, 4.69) is 5.32 Å². The topological polar surface area (TPSA) is 91.6 Å². The van der Waals surface area contributed by atoms with Gasteiger partial charge < -0.3 is 19.9 Å². The highest BCUT2D eigenvalue weighted by Crippen LogP contribution is 2.37. The van der Waals surface area contributed by atoms with Gasteiger partial charge in [0.2, 0.25) is 5.43 Å². The molecule has 7 nitrogen and oxygen atoms in total. The monoisotopic (exact) mass is 449 g/mol. The van der Waals surface area contributed by atoms with Crippen LogP contribution in [-0.4, -0.2) is 46.2 Å². The number of pyridine rings is 1. The number of hydrogen-bond donors (Lipinski definition) is 2. The Morgan fingerprint density at radius 1 is 1.22 bits per heavy atom. The Kier molecular flexibility index (Phi) is 5.47. The van der Waals surface area contributed by atoms with Gasteiger partial charge in [0.15, 0.2) is 11.4 Å². The van der Waals surface area contributed by atoms with Crippen molar-refractivity contribution >= 4 is 11.8 Å². The fourth-order valence-corrected chi connectivity index (χ4v) is 4.47. The first-order valence-electron chi connectivity index (χ1n) is 10.3. The predicted molar refractivity (Wildman–Crippen MR) is 108 cm³/mol. The minimum atomic E-state index is -1.21. The van der Waals surface area contributed by atoms with E-state index in [9.17, 15) is 32.7 Å². The minimum absolute atomic E-state index is 0.0541. The molecule has 10 heteroatoms. The first-order chi connectivity index (χ1) is 15.2. The molecule has 32 heavy (non-hydrogen) atoms. The Morgan fingerprint density at radius 3 is 2.56 bits per heavy atom. The maximum Gasteiger partial charge on any atom is 0.274 e. The standard InChI is InChI=1S/C22H22F3N3O4/c1-12-6-15(24)13(16(25)7-12)8-26-20(31)14-9-28-17(19(30)18(14)29)21(32)27-5-3-2-4-22(28,10-23)11-27/h6-7,9,30H,2-5,8,10-11H2,1H3,(H,26,31)/t22-/m1/s1. The number of benzene rings is 1. The van der Waals surface area contributed by atoms with Crippen LogP contribution in [0.4, 0.5) is 13.2 Å². The lowest BCUT2D eigenvalue weighted by Crippen LogP contribution is -2.55. The number of nitrogens with one attached hydrogen (secondary N) is 1. The van der Waals surface area contributed by atoms with Crippen LogP contribution >= 0.6 is 0 Å². The van der Waals surface area contributed by atoms with Gasteiger partial charge in [0.05, 0.1) is 5.54 Å². The number of fused-ring (bicyclic) bond motifs is 4. The van der Waals surface area contributed by atoms with Crippen LogP contribution in [0.15, 0.2) is 23.1 Å². The van der Waals surface area contributed by atoms with Crippen molar-refractivity contribution < 1.29 is 27.9 Å². The van der Waals surface area contributed by atoms with E-state index in [-0.39, 0.29) is 17.8 Å². The molecule has 4 rings (SSSR count). The molecule has 2 aliphatic heterocycles. The van der Waals surface area contributed by atoms with Crippen LogP contribution in [0.1, 0.15) is 51.2 Å². The van der Waals surface area contributed by atoms with Gasteiger partial charge in [0.25, 0.3) is 11.8 Å². The predicted octanol–water partition coefficient (Wildman–Crippen LogP) is 2.38. The molecule has 1 aromatic carbocycles. The van der Waals surface area contributed by atoms with Crippen LogP contribution in [-0.2, 0) is 12.1 Å². The summed E-state index contributed by atoms with van der Waals surface area (Å²) in [5, 5.41) is 12.8. The van der Waals surface area contributed by atoms with Crippen LogP contribution in [0, 0.1) is 18.6 Å². The van der Waals surface area contributed by atoms with Gasteiger partial charge >= 0.3 is 0 Å². The highest BCUT2D eigenvalue weighted by Gasteiger charge is 2.46. The number of amides is 2. The molecule has 0 spiro atoms.